The van der Waals surface area contributed by atoms with Gasteiger partial charge in [-0.2, -0.15) is 0 Å². The van der Waals surface area contributed by atoms with E-state index in [0.717, 1.165) is 11.4 Å². The molecule has 0 aliphatic carbocycles. The van der Waals surface area contributed by atoms with Crippen molar-refractivity contribution < 1.29 is 19.7 Å². The molecule has 136 valence electrons. The summed E-state index contributed by atoms with van der Waals surface area (Å²) in [7, 11) is 1.91. The minimum Gasteiger partial charge on any atom is -0.507 e. The van der Waals surface area contributed by atoms with Crippen LogP contribution in [0.4, 0.5) is 0 Å². The number of phenols is 2. The van der Waals surface area contributed by atoms with E-state index in [1.165, 1.54) is 23.5 Å². The summed E-state index contributed by atoms with van der Waals surface area (Å²) >= 11 is 1.44. The van der Waals surface area contributed by atoms with Gasteiger partial charge in [-0.25, -0.2) is 0 Å². The molecule has 1 fully saturated rings. The van der Waals surface area contributed by atoms with Crippen molar-refractivity contribution in [1.29, 1.82) is 0 Å². The Labute approximate surface area is 153 Å². The van der Waals surface area contributed by atoms with Gasteiger partial charge in [0.15, 0.2) is 5.43 Å². The summed E-state index contributed by atoms with van der Waals surface area (Å²) in [5, 5.41) is 32.5. The van der Waals surface area contributed by atoms with E-state index in [0.29, 0.717) is 17.7 Å². The third-order valence-corrected chi connectivity index (χ3v) is 6.03. The summed E-state index contributed by atoms with van der Waals surface area (Å²) in [6.07, 6.45) is 0.710. The number of phenolic OH excluding ortho intramolecular Hbond substituents is 2. The summed E-state index contributed by atoms with van der Waals surface area (Å²) < 4.78 is 6.01. The molecule has 0 amide bonds. The van der Waals surface area contributed by atoms with Gasteiger partial charge in [0.2, 0.25) is 0 Å². The Bertz CT molecular complexity index is 1010. The smallest absolute Gasteiger partial charge is 0.197 e. The number of thiophene rings is 1. The lowest BCUT2D eigenvalue weighted by atomic mass is 9.89. The molecule has 0 radical (unpaired) electrons. The molecule has 0 spiro atoms. The predicted molar refractivity (Wildman–Crippen MR) is 100.0 cm³/mol. The van der Waals surface area contributed by atoms with Crippen molar-refractivity contribution in [2.75, 3.05) is 20.2 Å². The van der Waals surface area contributed by atoms with Gasteiger partial charge < -0.3 is 24.6 Å². The predicted octanol–water partition coefficient (Wildman–Crippen LogP) is 2.71. The first-order valence-corrected chi connectivity index (χ1v) is 9.27. The lowest BCUT2D eigenvalue weighted by Crippen LogP contribution is -2.32. The summed E-state index contributed by atoms with van der Waals surface area (Å²) in [6.45, 7) is 0.685. The van der Waals surface area contributed by atoms with Crippen LogP contribution in [0.5, 0.6) is 11.5 Å². The average molecular weight is 373 g/mol. The van der Waals surface area contributed by atoms with Gasteiger partial charge in [-0.05, 0) is 31.5 Å². The highest BCUT2D eigenvalue weighted by atomic mass is 32.1. The maximum atomic E-state index is 12.7. The zero-order chi connectivity index (χ0) is 18.4. The number of likely N-dealkylation sites (N-methyl/N-ethyl adjacent to an activating group) is 1. The van der Waals surface area contributed by atoms with Crippen LogP contribution in [0.3, 0.4) is 0 Å². The summed E-state index contributed by atoms with van der Waals surface area (Å²) in [4.78, 5) is 15.5. The first kappa shape index (κ1) is 17.1. The summed E-state index contributed by atoms with van der Waals surface area (Å²) in [5.41, 5.74) is 0.300. The zero-order valence-electron chi connectivity index (χ0n) is 14.2. The maximum Gasteiger partial charge on any atom is 0.197 e. The molecule has 1 aliphatic heterocycles. The molecule has 4 rings (SSSR count). The highest BCUT2D eigenvalue weighted by Gasteiger charge is 2.36. The van der Waals surface area contributed by atoms with E-state index >= 15 is 0 Å². The average Bonchev–Trinajstić information content (AvgIpc) is 3.24. The molecule has 0 unspecified atom stereocenters. The monoisotopic (exact) mass is 373 g/mol. The van der Waals surface area contributed by atoms with Gasteiger partial charge in [-0.15, -0.1) is 11.3 Å². The molecule has 3 N–H and O–H groups in total. The van der Waals surface area contributed by atoms with E-state index in [2.05, 4.69) is 0 Å². The zero-order valence-corrected chi connectivity index (χ0v) is 15.0. The number of hydrogen-bond donors (Lipinski definition) is 3. The van der Waals surface area contributed by atoms with Crippen molar-refractivity contribution in [3.63, 3.8) is 0 Å². The van der Waals surface area contributed by atoms with E-state index in [-0.39, 0.29) is 46.5 Å². The number of aromatic hydroxyl groups is 2. The normalized spacial score (nSPS) is 20.8. The Hall–Kier alpha value is -2.35. The van der Waals surface area contributed by atoms with Crippen molar-refractivity contribution >= 4 is 22.3 Å². The number of nitrogens with zero attached hydrogens (tertiary/aromatic N) is 1. The highest BCUT2D eigenvalue weighted by molar-refractivity contribution is 7.13. The second kappa shape index (κ2) is 6.42. The van der Waals surface area contributed by atoms with Gasteiger partial charge >= 0.3 is 0 Å². The Kier molecular flexibility index (Phi) is 4.22. The van der Waals surface area contributed by atoms with Gasteiger partial charge in [0.25, 0.3) is 0 Å². The van der Waals surface area contributed by atoms with Crippen LogP contribution in [-0.2, 0) is 0 Å². The van der Waals surface area contributed by atoms with Crippen molar-refractivity contribution in [3.05, 3.63) is 45.4 Å². The molecule has 2 aromatic heterocycles. The number of hydrogen-bond acceptors (Lipinski definition) is 7. The first-order chi connectivity index (χ1) is 12.5. The van der Waals surface area contributed by atoms with Gasteiger partial charge in [-0.3, -0.25) is 4.79 Å². The molecular formula is C19H19NO5S. The Balaban J connectivity index is 2.02. The van der Waals surface area contributed by atoms with Crippen molar-refractivity contribution in [2.24, 2.45) is 0 Å². The number of likely N-dealkylation sites (tertiary alicyclic amines) is 1. The molecule has 6 nitrogen and oxygen atoms in total. The first-order valence-electron chi connectivity index (χ1n) is 8.39. The Morgan fingerprint density at radius 3 is 2.81 bits per heavy atom. The minimum atomic E-state index is -0.361. The molecule has 1 saturated heterocycles. The second-order valence-corrected chi connectivity index (χ2v) is 7.56. The van der Waals surface area contributed by atoms with Crippen LogP contribution in [0.1, 0.15) is 17.9 Å². The standard InChI is InChI=1S/C19H19NO5S/c1-20-5-4-10(11(20)9-21)17-12(22)7-13(23)18-14(24)8-15(25-19(17)18)16-3-2-6-26-16/h2-3,6-8,10-11,21-23H,4-5,9H2,1H3/t10-,11+/m1/s1. The lowest BCUT2D eigenvalue weighted by Gasteiger charge is -2.24. The SMILES string of the molecule is CN1CC[C@@H](c2c(O)cc(O)c3c(=O)cc(-c4cccs4)oc23)[C@@H]1CO. The van der Waals surface area contributed by atoms with Crippen LogP contribution in [0.2, 0.25) is 0 Å². The largest absolute Gasteiger partial charge is 0.507 e. The molecule has 3 heterocycles. The van der Waals surface area contributed by atoms with Gasteiger partial charge in [0.1, 0.15) is 28.2 Å². The van der Waals surface area contributed by atoms with Crippen LogP contribution >= 0.6 is 11.3 Å². The fraction of sp³-hybridized carbons (Fsp3) is 0.316. The molecule has 26 heavy (non-hydrogen) atoms. The van der Waals surface area contributed by atoms with E-state index in [1.807, 2.05) is 29.5 Å². The summed E-state index contributed by atoms with van der Waals surface area (Å²) in [5.74, 6) is -0.231. The van der Waals surface area contributed by atoms with Crippen LogP contribution in [-0.4, -0.2) is 46.5 Å². The highest BCUT2D eigenvalue weighted by Crippen LogP contribution is 2.44. The van der Waals surface area contributed by atoms with Crippen LogP contribution < -0.4 is 5.43 Å². The summed E-state index contributed by atoms with van der Waals surface area (Å²) in [6, 6.07) is 6.06. The molecule has 1 aromatic carbocycles. The second-order valence-electron chi connectivity index (χ2n) is 6.61. The lowest BCUT2D eigenvalue weighted by molar-refractivity contribution is 0.172. The van der Waals surface area contributed by atoms with Crippen LogP contribution in [0.15, 0.2) is 38.9 Å². The van der Waals surface area contributed by atoms with Crippen LogP contribution in [0, 0.1) is 0 Å². The topological polar surface area (TPSA) is 94.1 Å². The number of benzene rings is 1. The Morgan fingerprint density at radius 1 is 1.31 bits per heavy atom. The van der Waals surface area contributed by atoms with E-state index < -0.39 is 0 Å². The molecule has 7 heteroatoms. The van der Waals surface area contributed by atoms with Crippen molar-refractivity contribution in [1.82, 2.24) is 4.90 Å². The number of fused-ring (bicyclic) bond motifs is 1. The number of aliphatic hydroxyl groups excluding tert-OH is 1. The minimum absolute atomic E-state index is 0.0596. The third kappa shape index (κ3) is 2.59. The third-order valence-electron chi connectivity index (χ3n) is 5.14. The van der Waals surface area contributed by atoms with Gasteiger partial charge in [-0.1, -0.05) is 6.07 Å². The fourth-order valence-corrected chi connectivity index (χ4v) is 4.51. The number of aliphatic hydroxyl groups is 1. The molecular weight excluding hydrogens is 354 g/mol. The van der Waals surface area contributed by atoms with E-state index in [4.69, 9.17) is 4.42 Å². The molecule has 0 bridgehead atoms. The van der Waals surface area contributed by atoms with E-state index in [1.54, 1.807) is 0 Å². The number of rotatable bonds is 3. The van der Waals surface area contributed by atoms with Crippen LogP contribution in [0.25, 0.3) is 21.6 Å². The Morgan fingerprint density at radius 2 is 2.12 bits per heavy atom. The molecule has 0 saturated carbocycles. The molecule has 2 atom stereocenters. The van der Waals surface area contributed by atoms with Crippen molar-refractivity contribution in [2.45, 2.75) is 18.4 Å². The van der Waals surface area contributed by atoms with E-state index in [9.17, 15) is 20.1 Å². The van der Waals surface area contributed by atoms with Gasteiger partial charge in [0.05, 0.1) is 11.5 Å². The molecule has 3 aromatic rings. The van der Waals surface area contributed by atoms with Gasteiger partial charge in [0, 0.05) is 29.7 Å². The molecule has 1 aliphatic rings. The quantitative estimate of drug-likeness (QED) is 0.654. The fourth-order valence-electron chi connectivity index (χ4n) is 3.83. The maximum absolute atomic E-state index is 12.7. The van der Waals surface area contributed by atoms with Crippen molar-refractivity contribution in [3.8, 4) is 22.1 Å².